The van der Waals surface area contributed by atoms with Crippen molar-refractivity contribution < 1.29 is 9.47 Å². The van der Waals surface area contributed by atoms with E-state index in [-0.39, 0.29) is 13.2 Å². The van der Waals surface area contributed by atoms with Crippen molar-refractivity contribution in [2.75, 3.05) is 26.4 Å². The molecule has 0 rings (SSSR count). The van der Waals surface area contributed by atoms with E-state index in [1.165, 1.54) is 0 Å². The largest absolute Gasteiger partial charge is 0.364 e. The highest BCUT2D eigenvalue weighted by molar-refractivity contribution is 4.67. The standard InChI is InChI=1S/C6H8N2O2/c7-1-3-9-5-6-10-4-2-8/h3-6H2. The quantitative estimate of drug-likeness (QED) is 0.507. The SMILES string of the molecule is N#CCOCCOCC#N. The number of ether oxygens (including phenoxy) is 2. The molecule has 0 aliphatic rings. The van der Waals surface area contributed by atoms with Crippen molar-refractivity contribution in [3.8, 4) is 12.1 Å². The highest BCUT2D eigenvalue weighted by Crippen LogP contribution is 1.75. The maximum atomic E-state index is 8.00. The van der Waals surface area contributed by atoms with Crippen molar-refractivity contribution in [3.05, 3.63) is 0 Å². The van der Waals surface area contributed by atoms with Gasteiger partial charge in [-0.05, 0) is 0 Å². The third-order valence-corrected chi connectivity index (χ3v) is 0.705. The van der Waals surface area contributed by atoms with Crippen LogP contribution in [0.4, 0.5) is 0 Å². The summed E-state index contributed by atoms with van der Waals surface area (Å²) in [5.74, 6) is 0. The molecule has 0 amide bonds. The zero-order valence-corrected chi connectivity index (χ0v) is 5.54. The minimum Gasteiger partial charge on any atom is -0.364 e. The lowest BCUT2D eigenvalue weighted by Crippen LogP contribution is -2.04. The summed E-state index contributed by atoms with van der Waals surface area (Å²) in [7, 11) is 0. The molecule has 0 unspecified atom stereocenters. The minimum absolute atomic E-state index is 0.0793. The second-order valence-electron chi connectivity index (χ2n) is 1.42. The van der Waals surface area contributed by atoms with E-state index in [4.69, 9.17) is 20.0 Å². The van der Waals surface area contributed by atoms with Crippen LogP contribution < -0.4 is 0 Å². The smallest absolute Gasteiger partial charge is 0.133 e. The van der Waals surface area contributed by atoms with Gasteiger partial charge in [0, 0.05) is 0 Å². The summed E-state index contributed by atoms with van der Waals surface area (Å²) in [4.78, 5) is 0. The molecule has 0 aliphatic heterocycles. The van der Waals surface area contributed by atoms with Crippen LogP contribution in [0.5, 0.6) is 0 Å². The molecule has 0 heterocycles. The van der Waals surface area contributed by atoms with Crippen LogP contribution in [0.25, 0.3) is 0 Å². The van der Waals surface area contributed by atoms with Crippen LogP contribution in [0.1, 0.15) is 0 Å². The van der Waals surface area contributed by atoms with Crippen LogP contribution in [0, 0.1) is 22.7 Å². The first-order valence-electron chi connectivity index (χ1n) is 2.81. The molecular weight excluding hydrogens is 132 g/mol. The summed E-state index contributed by atoms with van der Waals surface area (Å²) in [5, 5.41) is 16.0. The average Bonchev–Trinajstić information content (AvgIpc) is 1.97. The molecule has 10 heavy (non-hydrogen) atoms. The van der Waals surface area contributed by atoms with E-state index in [2.05, 4.69) is 0 Å². The number of nitrogens with zero attached hydrogens (tertiary/aromatic N) is 2. The lowest BCUT2D eigenvalue weighted by molar-refractivity contribution is 0.0740. The molecule has 0 fully saturated rings. The van der Waals surface area contributed by atoms with Gasteiger partial charge >= 0.3 is 0 Å². The molecule has 54 valence electrons. The van der Waals surface area contributed by atoms with E-state index in [0.717, 1.165) is 0 Å². The Morgan fingerprint density at radius 1 is 0.900 bits per heavy atom. The zero-order chi connectivity index (χ0) is 7.66. The van der Waals surface area contributed by atoms with Gasteiger partial charge in [0.2, 0.25) is 0 Å². The van der Waals surface area contributed by atoms with E-state index in [9.17, 15) is 0 Å². The highest BCUT2D eigenvalue weighted by Gasteiger charge is 1.85. The Balaban J connectivity index is 2.80. The van der Waals surface area contributed by atoms with Crippen LogP contribution in [-0.2, 0) is 9.47 Å². The summed E-state index contributed by atoms with van der Waals surface area (Å²) in [6.07, 6.45) is 0. The Bertz CT molecular complexity index is 127. The molecule has 0 saturated heterocycles. The molecular formula is C6H8N2O2. The van der Waals surface area contributed by atoms with Gasteiger partial charge in [0.15, 0.2) is 0 Å². The third-order valence-electron chi connectivity index (χ3n) is 0.705. The van der Waals surface area contributed by atoms with E-state index in [1.54, 1.807) is 0 Å². The van der Waals surface area contributed by atoms with E-state index in [0.29, 0.717) is 13.2 Å². The van der Waals surface area contributed by atoms with Crippen LogP contribution in [0.15, 0.2) is 0 Å². The van der Waals surface area contributed by atoms with Crippen LogP contribution in [0.3, 0.4) is 0 Å². The van der Waals surface area contributed by atoms with Gasteiger partial charge in [-0.3, -0.25) is 0 Å². The van der Waals surface area contributed by atoms with Crippen molar-refractivity contribution in [1.82, 2.24) is 0 Å². The fourth-order valence-electron chi connectivity index (χ4n) is 0.353. The molecule has 4 heteroatoms. The van der Waals surface area contributed by atoms with Gasteiger partial charge in [-0.15, -0.1) is 0 Å². The molecule has 0 aromatic heterocycles. The fraction of sp³-hybridized carbons (Fsp3) is 0.667. The number of nitriles is 2. The minimum atomic E-state index is 0.0793. The number of hydrogen-bond acceptors (Lipinski definition) is 4. The van der Waals surface area contributed by atoms with Gasteiger partial charge in [-0.1, -0.05) is 0 Å². The summed E-state index contributed by atoms with van der Waals surface area (Å²) in [6, 6.07) is 3.63. The summed E-state index contributed by atoms with van der Waals surface area (Å²) < 4.78 is 9.47. The summed E-state index contributed by atoms with van der Waals surface area (Å²) in [6.45, 7) is 0.899. The monoisotopic (exact) mass is 140 g/mol. The Labute approximate surface area is 59.6 Å². The van der Waals surface area contributed by atoms with Crippen molar-refractivity contribution in [2.45, 2.75) is 0 Å². The number of rotatable bonds is 5. The first-order valence-corrected chi connectivity index (χ1v) is 2.81. The first-order chi connectivity index (χ1) is 4.91. The molecule has 0 bridgehead atoms. The van der Waals surface area contributed by atoms with Gasteiger partial charge in [-0.25, -0.2) is 0 Å². The van der Waals surface area contributed by atoms with Gasteiger partial charge in [0.05, 0.1) is 25.4 Å². The highest BCUT2D eigenvalue weighted by atomic mass is 16.5. The predicted molar refractivity (Wildman–Crippen MR) is 32.9 cm³/mol. The molecule has 0 radical (unpaired) electrons. The van der Waals surface area contributed by atoms with E-state index >= 15 is 0 Å². The summed E-state index contributed by atoms with van der Waals surface area (Å²) >= 11 is 0. The predicted octanol–water partition coefficient (Wildman–Crippen LogP) is 0.0668. The molecule has 0 atom stereocenters. The normalized spacial score (nSPS) is 8.20. The molecule has 0 spiro atoms. The lowest BCUT2D eigenvalue weighted by Gasteiger charge is -1.97. The van der Waals surface area contributed by atoms with Crippen LogP contribution in [0.2, 0.25) is 0 Å². The second kappa shape index (κ2) is 7.90. The number of hydrogen-bond donors (Lipinski definition) is 0. The van der Waals surface area contributed by atoms with Crippen molar-refractivity contribution in [2.24, 2.45) is 0 Å². The van der Waals surface area contributed by atoms with E-state index < -0.39 is 0 Å². The maximum absolute atomic E-state index is 8.00. The molecule has 4 nitrogen and oxygen atoms in total. The van der Waals surface area contributed by atoms with Crippen molar-refractivity contribution in [3.63, 3.8) is 0 Å². The fourth-order valence-corrected chi connectivity index (χ4v) is 0.353. The molecule has 0 aromatic carbocycles. The lowest BCUT2D eigenvalue weighted by atomic mass is 10.7. The van der Waals surface area contributed by atoms with Crippen LogP contribution >= 0.6 is 0 Å². The van der Waals surface area contributed by atoms with Gasteiger partial charge in [-0.2, -0.15) is 10.5 Å². The Morgan fingerprint density at radius 3 is 1.60 bits per heavy atom. The Morgan fingerprint density at radius 2 is 1.30 bits per heavy atom. The van der Waals surface area contributed by atoms with Crippen molar-refractivity contribution >= 4 is 0 Å². The summed E-state index contributed by atoms with van der Waals surface area (Å²) in [5.41, 5.74) is 0. The molecule has 0 N–H and O–H groups in total. The second-order valence-corrected chi connectivity index (χ2v) is 1.42. The van der Waals surface area contributed by atoms with Gasteiger partial charge in [0.1, 0.15) is 13.2 Å². The maximum Gasteiger partial charge on any atom is 0.133 e. The van der Waals surface area contributed by atoms with E-state index in [1.807, 2.05) is 12.1 Å². The molecule has 0 aliphatic carbocycles. The average molecular weight is 140 g/mol. The molecule has 0 saturated carbocycles. The third kappa shape index (κ3) is 6.90. The van der Waals surface area contributed by atoms with Gasteiger partial charge in [0.25, 0.3) is 0 Å². The van der Waals surface area contributed by atoms with Crippen LogP contribution in [-0.4, -0.2) is 26.4 Å². The first kappa shape index (κ1) is 8.90. The zero-order valence-electron chi connectivity index (χ0n) is 5.54. The van der Waals surface area contributed by atoms with Gasteiger partial charge < -0.3 is 9.47 Å². The molecule has 0 aromatic rings. The Hall–Kier alpha value is -1.10. The Kier molecular flexibility index (Phi) is 7.03. The van der Waals surface area contributed by atoms with Crippen molar-refractivity contribution in [1.29, 1.82) is 10.5 Å². The topological polar surface area (TPSA) is 66.0 Å².